The van der Waals surface area contributed by atoms with E-state index < -0.39 is 10.0 Å². The highest BCUT2D eigenvalue weighted by Crippen LogP contribution is 2.32. The van der Waals surface area contributed by atoms with Crippen molar-refractivity contribution in [2.45, 2.75) is 165 Å². The highest BCUT2D eigenvalue weighted by molar-refractivity contribution is 7.89. The Bertz CT molecular complexity index is 1280. The second-order valence-electron chi connectivity index (χ2n) is 14.2. The zero-order valence-corrected chi connectivity index (χ0v) is 31.4. The van der Waals surface area contributed by atoms with Gasteiger partial charge in [-0.3, -0.25) is 4.79 Å². The van der Waals surface area contributed by atoms with Crippen molar-refractivity contribution >= 4 is 32.4 Å². The summed E-state index contributed by atoms with van der Waals surface area (Å²) in [6.45, 7) is 3.51. The average Bonchev–Trinajstić information content (AvgIpc) is 3.83. The number of benzene rings is 2. The van der Waals surface area contributed by atoms with Crippen molar-refractivity contribution in [3.63, 3.8) is 0 Å². The van der Waals surface area contributed by atoms with Gasteiger partial charge < -0.3 is 15.0 Å². The minimum absolute atomic E-state index is 0.202. The molecule has 0 saturated carbocycles. The van der Waals surface area contributed by atoms with E-state index in [0.29, 0.717) is 30.1 Å². The summed E-state index contributed by atoms with van der Waals surface area (Å²) in [6.07, 6.45) is 27.0. The first-order valence-electron chi connectivity index (χ1n) is 19.4. The molecule has 2 aromatic carbocycles. The maximum atomic E-state index is 13.1. The Labute approximate surface area is 293 Å². The van der Waals surface area contributed by atoms with Crippen molar-refractivity contribution in [1.29, 1.82) is 0 Å². The highest BCUT2D eigenvalue weighted by Gasteiger charge is 2.36. The number of ether oxygens (including phenoxy) is 1. The van der Waals surface area contributed by atoms with Crippen LogP contribution < -0.4 is 14.9 Å². The molecular weight excluding hydrogens is 619 g/mol. The summed E-state index contributed by atoms with van der Waals surface area (Å²) in [6, 6.07) is 11.3. The van der Waals surface area contributed by atoms with E-state index in [4.69, 9.17) is 4.74 Å². The van der Waals surface area contributed by atoms with Gasteiger partial charge in [0.2, 0.25) is 15.9 Å². The van der Waals surface area contributed by atoms with Crippen molar-refractivity contribution in [1.82, 2.24) is 10.0 Å². The summed E-state index contributed by atoms with van der Waals surface area (Å²) < 4.78 is 34.8. The number of fused-ring (bicyclic) bond motifs is 1. The monoisotopic (exact) mass is 685 g/mol. The van der Waals surface area contributed by atoms with E-state index in [-0.39, 0.29) is 5.91 Å². The van der Waals surface area contributed by atoms with E-state index in [9.17, 15) is 13.2 Å². The van der Waals surface area contributed by atoms with E-state index in [2.05, 4.69) is 17.0 Å². The molecular formula is C40H67N3O4S. The Kier molecular flexibility index (Phi) is 19.5. The molecule has 48 heavy (non-hydrogen) atoms. The first-order chi connectivity index (χ1) is 23.3. The second kappa shape index (κ2) is 23.3. The van der Waals surface area contributed by atoms with Gasteiger partial charge in [-0.1, -0.05) is 134 Å². The predicted molar refractivity (Wildman–Crippen MR) is 202 cm³/mol. The van der Waals surface area contributed by atoms with Gasteiger partial charge in [-0.15, -0.1) is 0 Å². The van der Waals surface area contributed by atoms with Gasteiger partial charge in [-0.25, -0.2) is 13.1 Å². The third-order valence-electron chi connectivity index (χ3n) is 9.77. The lowest BCUT2D eigenvalue weighted by molar-refractivity contribution is -0.121. The molecule has 272 valence electrons. The normalized spacial score (nSPS) is 16.0. The molecule has 1 amide bonds. The van der Waals surface area contributed by atoms with E-state index in [1.54, 1.807) is 6.07 Å². The number of anilines is 1. The molecule has 2 atom stereocenters. The summed E-state index contributed by atoms with van der Waals surface area (Å²) in [5.41, 5.74) is 1.01. The van der Waals surface area contributed by atoms with Crippen LogP contribution >= 0.6 is 0 Å². The summed E-state index contributed by atoms with van der Waals surface area (Å²) in [5, 5.41) is 4.79. The number of nitrogens with one attached hydrogen (secondary N) is 2. The number of carbonyl (C=O) groups is 1. The SMILES string of the molecule is CCCCCCCCC1OC1CCCCCCCC(=O)NCCCCCCCCCCNS(=O)(=O)c1cccc2c(N(C)C)cccc12. The molecule has 0 spiro atoms. The Balaban J connectivity index is 1.07. The van der Waals surface area contributed by atoms with Crippen molar-refractivity contribution in [3.8, 4) is 0 Å². The number of sulfonamides is 1. The predicted octanol–water partition coefficient (Wildman–Crippen LogP) is 9.67. The van der Waals surface area contributed by atoms with E-state index >= 15 is 0 Å². The van der Waals surface area contributed by atoms with Gasteiger partial charge in [-0.2, -0.15) is 0 Å². The van der Waals surface area contributed by atoms with Gasteiger partial charge in [0.1, 0.15) is 0 Å². The van der Waals surface area contributed by atoms with Gasteiger partial charge in [0, 0.05) is 50.1 Å². The molecule has 1 heterocycles. The topological polar surface area (TPSA) is 91.0 Å². The summed E-state index contributed by atoms with van der Waals surface area (Å²) in [4.78, 5) is 14.5. The number of epoxide rings is 1. The summed E-state index contributed by atoms with van der Waals surface area (Å²) >= 11 is 0. The van der Waals surface area contributed by atoms with E-state index in [1.165, 1.54) is 89.9 Å². The Morgan fingerprint density at radius 2 is 1.19 bits per heavy atom. The molecule has 0 radical (unpaired) electrons. The van der Waals surface area contributed by atoms with Crippen LogP contribution in [0.25, 0.3) is 10.8 Å². The van der Waals surface area contributed by atoms with Gasteiger partial charge in [0.05, 0.1) is 17.1 Å². The van der Waals surface area contributed by atoms with Gasteiger partial charge in [-0.05, 0) is 44.2 Å². The first-order valence-corrected chi connectivity index (χ1v) is 20.9. The molecule has 0 aliphatic carbocycles. The van der Waals surface area contributed by atoms with Crippen LogP contribution in [-0.2, 0) is 19.6 Å². The fourth-order valence-electron chi connectivity index (χ4n) is 6.77. The van der Waals surface area contributed by atoms with Crippen molar-refractivity contribution in [2.75, 3.05) is 32.1 Å². The fourth-order valence-corrected chi connectivity index (χ4v) is 8.07. The maximum Gasteiger partial charge on any atom is 0.241 e. The third-order valence-corrected chi connectivity index (χ3v) is 11.3. The van der Waals surface area contributed by atoms with E-state index in [0.717, 1.165) is 68.0 Å². The van der Waals surface area contributed by atoms with Crippen LogP contribution in [-0.4, -0.2) is 53.7 Å². The van der Waals surface area contributed by atoms with Crippen LogP contribution in [0.5, 0.6) is 0 Å². The van der Waals surface area contributed by atoms with Crippen LogP contribution in [0.3, 0.4) is 0 Å². The zero-order chi connectivity index (χ0) is 34.5. The zero-order valence-electron chi connectivity index (χ0n) is 30.6. The number of amides is 1. The average molecular weight is 686 g/mol. The Morgan fingerprint density at radius 1 is 0.667 bits per heavy atom. The Morgan fingerprint density at radius 3 is 1.81 bits per heavy atom. The largest absolute Gasteiger partial charge is 0.377 e. The number of carbonyl (C=O) groups excluding carboxylic acids is 1. The molecule has 0 bridgehead atoms. The minimum Gasteiger partial charge on any atom is -0.377 e. The quantitative estimate of drug-likeness (QED) is 0.0657. The number of nitrogens with zero attached hydrogens (tertiary/aromatic N) is 1. The van der Waals surface area contributed by atoms with Gasteiger partial charge in [0.25, 0.3) is 0 Å². The van der Waals surface area contributed by atoms with Crippen LogP contribution in [0.4, 0.5) is 5.69 Å². The molecule has 0 aromatic heterocycles. The first kappa shape index (κ1) is 40.3. The highest BCUT2D eigenvalue weighted by atomic mass is 32.2. The smallest absolute Gasteiger partial charge is 0.241 e. The summed E-state index contributed by atoms with van der Waals surface area (Å²) in [5.74, 6) is 0.202. The molecule has 1 fully saturated rings. The molecule has 1 aliphatic heterocycles. The lowest BCUT2D eigenvalue weighted by Gasteiger charge is -2.17. The van der Waals surface area contributed by atoms with Gasteiger partial charge in [0.15, 0.2) is 0 Å². The van der Waals surface area contributed by atoms with Crippen LogP contribution in [0.15, 0.2) is 41.3 Å². The van der Waals surface area contributed by atoms with E-state index in [1.807, 2.05) is 49.3 Å². The molecule has 1 saturated heterocycles. The number of rotatable bonds is 29. The number of hydrogen-bond donors (Lipinski definition) is 2. The summed E-state index contributed by atoms with van der Waals surface area (Å²) in [7, 11) is 0.370. The maximum absolute atomic E-state index is 13.1. The van der Waals surface area contributed by atoms with Crippen molar-refractivity contribution < 1.29 is 17.9 Å². The minimum atomic E-state index is -3.57. The molecule has 1 aliphatic rings. The molecule has 2 aromatic rings. The molecule has 3 rings (SSSR count). The second-order valence-corrected chi connectivity index (χ2v) is 15.9. The fraction of sp³-hybridized carbons (Fsp3) is 0.725. The Hall–Kier alpha value is -2.16. The molecule has 8 heteroatoms. The van der Waals surface area contributed by atoms with Crippen molar-refractivity contribution in [3.05, 3.63) is 36.4 Å². The van der Waals surface area contributed by atoms with Crippen LogP contribution in [0.2, 0.25) is 0 Å². The lowest BCUT2D eigenvalue weighted by Crippen LogP contribution is -2.25. The van der Waals surface area contributed by atoms with Crippen LogP contribution in [0, 0.1) is 0 Å². The van der Waals surface area contributed by atoms with Crippen molar-refractivity contribution in [2.24, 2.45) is 0 Å². The van der Waals surface area contributed by atoms with Crippen LogP contribution in [0.1, 0.15) is 148 Å². The number of unbranched alkanes of at least 4 members (excludes halogenated alkanes) is 16. The van der Waals surface area contributed by atoms with Gasteiger partial charge >= 0.3 is 0 Å². The third kappa shape index (κ3) is 15.6. The molecule has 7 nitrogen and oxygen atoms in total. The standard InChI is InChI=1S/C40H67N3O4S/c1-4-5-6-7-13-18-28-37-38(47-37)29-19-14-12-15-20-31-40(44)41-32-21-16-10-8-9-11-17-22-33-42-48(45,46)39-30-24-25-34-35(39)26-23-27-36(34)43(2)3/h23-27,30,37-38,42H,4-22,28-29,31-33H2,1-3H3,(H,41,44). The number of hydrogen-bond acceptors (Lipinski definition) is 5. The lowest BCUT2D eigenvalue weighted by atomic mass is 10.0. The molecule has 2 unspecified atom stereocenters. The molecule has 2 N–H and O–H groups in total.